The van der Waals surface area contributed by atoms with Crippen molar-refractivity contribution >= 4 is 16.6 Å². The molecule has 0 unspecified atom stereocenters. The van der Waals surface area contributed by atoms with Crippen molar-refractivity contribution in [2.75, 3.05) is 38.1 Å². The van der Waals surface area contributed by atoms with Crippen LogP contribution < -0.4 is 4.90 Å². The van der Waals surface area contributed by atoms with Gasteiger partial charge in [0.15, 0.2) is 0 Å². The SMILES string of the molecule is CCc1n[nH]c2cc(O)c(-c3n[nH]c(O)c3-c3ccc(N4CCN(C)CC4)cc3)cc12. The van der Waals surface area contributed by atoms with E-state index in [1.165, 1.54) is 0 Å². The zero-order valence-corrected chi connectivity index (χ0v) is 17.7. The van der Waals surface area contributed by atoms with E-state index in [0.717, 1.165) is 60.4 Å². The number of piperazine rings is 1. The number of anilines is 1. The number of aromatic nitrogens is 4. The summed E-state index contributed by atoms with van der Waals surface area (Å²) in [6.07, 6.45) is 0.774. The third-order valence-corrected chi connectivity index (χ3v) is 6.12. The van der Waals surface area contributed by atoms with Gasteiger partial charge in [0, 0.05) is 48.9 Å². The minimum Gasteiger partial charge on any atom is -0.507 e. The van der Waals surface area contributed by atoms with Crippen LogP contribution in [0.25, 0.3) is 33.3 Å². The molecule has 1 saturated heterocycles. The topological polar surface area (TPSA) is 104 Å². The maximum absolute atomic E-state index is 10.7. The highest BCUT2D eigenvalue weighted by Crippen LogP contribution is 2.42. The predicted octanol–water partition coefficient (Wildman–Crippen LogP) is 3.35. The number of fused-ring (bicyclic) bond motifs is 1. The summed E-state index contributed by atoms with van der Waals surface area (Å²) in [6.45, 7) is 6.12. The van der Waals surface area contributed by atoms with Crippen LogP contribution >= 0.6 is 0 Å². The third-order valence-electron chi connectivity index (χ3n) is 6.12. The van der Waals surface area contributed by atoms with Crippen molar-refractivity contribution < 1.29 is 10.2 Å². The summed E-state index contributed by atoms with van der Waals surface area (Å²) >= 11 is 0. The molecule has 1 aliphatic heterocycles. The smallest absolute Gasteiger partial charge is 0.215 e. The summed E-state index contributed by atoms with van der Waals surface area (Å²) < 4.78 is 0. The van der Waals surface area contributed by atoms with E-state index in [2.05, 4.69) is 49.4 Å². The summed E-state index contributed by atoms with van der Waals surface area (Å²) in [6, 6.07) is 11.7. The fourth-order valence-electron chi connectivity index (χ4n) is 4.27. The Hall–Kier alpha value is -3.52. The Labute approximate surface area is 180 Å². The summed E-state index contributed by atoms with van der Waals surface area (Å²) in [5.74, 6) is 0.0605. The number of phenols is 1. The van der Waals surface area contributed by atoms with E-state index in [1.807, 2.05) is 25.1 Å². The van der Waals surface area contributed by atoms with Gasteiger partial charge in [-0.1, -0.05) is 19.1 Å². The molecule has 2 aromatic heterocycles. The van der Waals surface area contributed by atoms with Crippen LogP contribution in [0.3, 0.4) is 0 Å². The predicted molar refractivity (Wildman–Crippen MR) is 122 cm³/mol. The molecule has 8 heteroatoms. The van der Waals surface area contributed by atoms with Gasteiger partial charge in [0.25, 0.3) is 0 Å². The molecule has 1 fully saturated rings. The van der Waals surface area contributed by atoms with Crippen LogP contribution in [0.15, 0.2) is 36.4 Å². The van der Waals surface area contributed by atoms with Gasteiger partial charge in [-0.25, -0.2) is 5.10 Å². The first kappa shape index (κ1) is 19.4. The van der Waals surface area contributed by atoms with Crippen molar-refractivity contribution in [2.24, 2.45) is 0 Å². The van der Waals surface area contributed by atoms with Crippen LogP contribution in [0.5, 0.6) is 11.6 Å². The molecule has 0 aliphatic carbocycles. The molecule has 8 nitrogen and oxygen atoms in total. The van der Waals surface area contributed by atoms with Crippen molar-refractivity contribution in [2.45, 2.75) is 13.3 Å². The van der Waals surface area contributed by atoms with Crippen LogP contribution in [0.2, 0.25) is 0 Å². The number of H-pyrrole nitrogens is 2. The quantitative estimate of drug-likeness (QED) is 0.405. The highest BCUT2D eigenvalue weighted by molar-refractivity contribution is 5.94. The van der Waals surface area contributed by atoms with Crippen molar-refractivity contribution in [3.8, 4) is 34.0 Å². The molecule has 4 aromatic rings. The molecular formula is C23H26N6O2. The molecule has 0 atom stereocenters. The molecule has 4 N–H and O–H groups in total. The van der Waals surface area contributed by atoms with Gasteiger partial charge >= 0.3 is 0 Å². The van der Waals surface area contributed by atoms with Gasteiger partial charge in [-0.15, -0.1) is 0 Å². The molecule has 0 spiro atoms. The van der Waals surface area contributed by atoms with E-state index in [-0.39, 0.29) is 11.6 Å². The molecule has 160 valence electrons. The molecule has 0 radical (unpaired) electrons. The number of benzene rings is 2. The Morgan fingerprint density at radius 1 is 0.968 bits per heavy atom. The maximum atomic E-state index is 10.7. The Balaban J connectivity index is 1.53. The molecule has 0 saturated carbocycles. The van der Waals surface area contributed by atoms with Crippen LogP contribution in [-0.4, -0.2) is 68.7 Å². The number of aryl methyl sites for hydroxylation is 1. The lowest BCUT2D eigenvalue weighted by atomic mass is 9.98. The van der Waals surface area contributed by atoms with Crippen molar-refractivity contribution in [1.29, 1.82) is 0 Å². The third kappa shape index (κ3) is 3.38. The molecule has 31 heavy (non-hydrogen) atoms. The lowest BCUT2D eigenvalue weighted by Gasteiger charge is -2.34. The lowest BCUT2D eigenvalue weighted by Crippen LogP contribution is -2.44. The molecular weight excluding hydrogens is 392 g/mol. The summed E-state index contributed by atoms with van der Waals surface area (Å²) in [4.78, 5) is 4.69. The normalized spacial score (nSPS) is 15.1. The van der Waals surface area contributed by atoms with Crippen LogP contribution in [0, 0.1) is 0 Å². The minimum atomic E-state index is -0.0234. The zero-order valence-electron chi connectivity index (χ0n) is 17.7. The number of aromatic hydroxyl groups is 2. The standard InChI is InChI=1S/C23H26N6O2/c1-3-18-16-12-17(20(30)13-19(16)25-24-18)22-21(23(31)27-26-22)14-4-6-15(7-5-14)29-10-8-28(2)9-11-29/h4-7,12-13,30H,3,8-11H2,1-2H3,(H,24,25)(H2,26,27,31). The number of nitrogens with one attached hydrogen (secondary N) is 2. The van der Waals surface area contributed by atoms with Gasteiger partial charge in [0.05, 0.1) is 16.8 Å². The largest absolute Gasteiger partial charge is 0.507 e. The molecule has 2 aromatic carbocycles. The van der Waals surface area contributed by atoms with Gasteiger partial charge in [-0.2, -0.15) is 10.2 Å². The maximum Gasteiger partial charge on any atom is 0.215 e. The number of nitrogens with zero attached hydrogens (tertiary/aromatic N) is 4. The number of rotatable bonds is 4. The Kier molecular flexibility index (Phi) is 4.78. The molecule has 1 aliphatic rings. The van der Waals surface area contributed by atoms with E-state index in [1.54, 1.807) is 6.07 Å². The Bertz CT molecular complexity index is 1220. The lowest BCUT2D eigenvalue weighted by molar-refractivity contribution is 0.313. The second-order valence-electron chi connectivity index (χ2n) is 8.07. The monoisotopic (exact) mass is 418 g/mol. The van der Waals surface area contributed by atoms with Gasteiger partial charge in [-0.3, -0.25) is 5.10 Å². The summed E-state index contributed by atoms with van der Waals surface area (Å²) in [7, 11) is 2.14. The van der Waals surface area contributed by atoms with E-state index in [9.17, 15) is 10.2 Å². The van der Waals surface area contributed by atoms with Crippen LogP contribution in [-0.2, 0) is 6.42 Å². The van der Waals surface area contributed by atoms with Crippen molar-refractivity contribution in [3.63, 3.8) is 0 Å². The first-order chi connectivity index (χ1) is 15.0. The first-order valence-corrected chi connectivity index (χ1v) is 10.6. The number of hydrogen-bond acceptors (Lipinski definition) is 6. The van der Waals surface area contributed by atoms with Crippen LogP contribution in [0.4, 0.5) is 5.69 Å². The molecule has 0 bridgehead atoms. The van der Waals surface area contributed by atoms with E-state index in [4.69, 9.17) is 0 Å². The molecule has 3 heterocycles. The van der Waals surface area contributed by atoms with E-state index in [0.29, 0.717) is 16.8 Å². The fraction of sp³-hybridized carbons (Fsp3) is 0.304. The van der Waals surface area contributed by atoms with Gasteiger partial charge in [0.1, 0.15) is 11.4 Å². The van der Waals surface area contributed by atoms with Crippen molar-refractivity contribution in [3.05, 3.63) is 42.1 Å². The zero-order chi connectivity index (χ0) is 21.5. The average molecular weight is 419 g/mol. The Morgan fingerprint density at radius 3 is 2.42 bits per heavy atom. The first-order valence-electron chi connectivity index (χ1n) is 10.6. The average Bonchev–Trinajstić information content (AvgIpc) is 3.36. The number of hydrogen-bond donors (Lipinski definition) is 4. The highest BCUT2D eigenvalue weighted by atomic mass is 16.3. The molecule has 0 amide bonds. The van der Waals surface area contributed by atoms with E-state index >= 15 is 0 Å². The van der Waals surface area contributed by atoms with Crippen LogP contribution in [0.1, 0.15) is 12.6 Å². The number of likely N-dealkylation sites (N-methyl/N-ethyl adjacent to an activating group) is 1. The summed E-state index contributed by atoms with van der Waals surface area (Å²) in [5.41, 5.74) is 5.33. The highest BCUT2D eigenvalue weighted by Gasteiger charge is 2.21. The summed E-state index contributed by atoms with van der Waals surface area (Å²) in [5, 5.41) is 36.4. The second-order valence-corrected chi connectivity index (χ2v) is 8.07. The minimum absolute atomic E-state index is 0.0234. The number of aromatic amines is 2. The van der Waals surface area contributed by atoms with Gasteiger partial charge in [0.2, 0.25) is 5.88 Å². The van der Waals surface area contributed by atoms with Crippen molar-refractivity contribution in [1.82, 2.24) is 25.3 Å². The fourth-order valence-corrected chi connectivity index (χ4v) is 4.27. The van der Waals surface area contributed by atoms with E-state index < -0.39 is 0 Å². The number of phenolic OH excluding ortho intramolecular Hbond substituents is 1. The van der Waals surface area contributed by atoms with Gasteiger partial charge in [-0.05, 0) is 37.2 Å². The van der Waals surface area contributed by atoms with Gasteiger partial charge < -0.3 is 20.0 Å². The Morgan fingerprint density at radius 2 is 1.71 bits per heavy atom. The molecule has 5 rings (SSSR count). The second kappa shape index (κ2) is 7.63.